The molecule has 0 aromatic heterocycles. The first-order valence-electron chi connectivity index (χ1n) is 12.9. The predicted octanol–water partition coefficient (Wildman–Crippen LogP) is 6.21. The van der Waals surface area contributed by atoms with E-state index in [4.69, 9.17) is 4.74 Å². The van der Waals surface area contributed by atoms with Gasteiger partial charge in [0.25, 0.3) is 0 Å². The Bertz CT molecular complexity index is 999. The molecule has 3 nitrogen and oxygen atoms in total. The molecule has 3 aromatic rings. The summed E-state index contributed by atoms with van der Waals surface area (Å²) < 4.78 is 5.89. The molecule has 5 rings (SSSR count). The summed E-state index contributed by atoms with van der Waals surface area (Å²) in [4.78, 5) is 0. The topological polar surface area (TPSA) is 41.5 Å². The van der Waals surface area contributed by atoms with Crippen LogP contribution in [0.1, 0.15) is 61.6 Å². The molecule has 2 aliphatic rings. The zero-order valence-corrected chi connectivity index (χ0v) is 20.1. The summed E-state index contributed by atoms with van der Waals surface area (Å²) in [5.74, 6) is 0. The summed E-state index contributed by atoms with van der Waals surface area (Å²) in [6, 6.07) is 31.1. The predicted molar refractivity (Wildman–Crippen MR) is 137 cm³/mol. The molecule has 0 radical (unpaired) electrons. The van der Waals surface area contributed by atoms with Crippen molar-refractivity contribution in [3.8, 4) is 0 Å². The first-order valence-corrected chi connectivity index (χ1v) is 12.9. The Kier molecular flexibility index (Phi) is 6.87. The lowest BCUT2D eigenvalue weighted by Crippen LogP contribution is -2.68. The van der Waals surface area contributed by atoms with E-state index in [0.717, 1.165) is 69.2 Å². The Hall–Kier alpha value is -2.46. The van der Waals surface area contributed by atoms with Crippen molar-refractivity contribution in [2.75, 3.05) is 13.2 Å². The van der Waals surface area contributed by atoms with E-state index in [1.807, 2.05) is 18.2 Å². The van der Waals surface area contributed by atoms with E-state index in [2.05, 4.69) is 78.1 Å². The van der Waals surface area contributed by atoms with Gasteiger partial charge in [-0.25, -0.2) is 0 Å². The van der Waals surface area contributed by atoms with Crippen molar-refractivity contribution in [3.05, 3.63) is 108 Å². The molecule has 0 spiro atoms. The van der Waals surface area contributed by atoms with Crippen LogP contribution in [0.5, 0.6) is 0 Å². The van der Waals surface area contributed by atoms with Gasteiger partial charge in [0.2, 0.25) is 0 Å². The van der Waals surface area contributed by atoms with E-state index in [-0.39, 0.29) is 11.0 Å². The number of benzene rings is 3. The molecule has 1 aliphatic carbocycles. The maximum atomic E-state index is 12.6. The standard InChI is InChI=1S/C31H37NO2/c33-31(27-15-7-2-8-16-27,28-17-9-3-10-18-28)29-20-21-30(29,32-23-22-29)19-11-4-12-24-34-25-26-13-5-1-6-14-26/h1-3,5-10,13-18,32-33H,4,11-12,19-25H2. The van der Waals surface area contributed by atoms with Crippen LogP contribution in [0.15, 0.2) is 91.0 Å². The minimum Gasteiger partial charge on any atom is -0.380 e. The highest BCUT2D eigenvalue weighted by atomic mass is 16.5. The monoisotopic (exact) mass is 455 g/mol. The molecule has 2 atom stereocenters. The average Bonchev–Trinajstić information content (AvgIpc) is 3.15. The van der Waals surface area contributed by atoms with E-state index in [1.165, 1.54) is 5.56 Å². The van der Waals surface area contributed by atoms with Crippen molar-refractivity contribution in [1.29, 1.82) is 0 Å². The number of unbranched alkanes of at least 4 members (excludes halogenated alkanes) is 2. The molecule has 2 fully saturated rings. The number of nitrogens with one attached hydrogen (secondary N) is 1. The van der Waals surface area contributed by atoms with Crippen LogP contribution in [0.3, 0.4) is 0 Å². The second-order valence-corrected chi connectivity index (χ2v) is 10.1. The maximum absolute atomic E-state index is 12.6. The molecular formula is C31H37NO2. The Morgan fingerprint density at radius 1 is 0.735 bits per heavy atom. The zero-order chi connectivity index (χ0) is 23.3. The van der Waals surface area contributed by atoms with Gasteiger partial charge in [-0.1, -0.05) is 104 Å². The normalized spacial score (nSPS) is 23.9. The molecular weight excluding hydrogens is 418 g/mol. The Labute approximate surface area is 204 Å². The number of fused-ring (bicyclic) bond motifs is 1. The van der Waals surface area contributed by atoms with Crippen molar-refractivity contribution in [3.63, 3.8) is 0 Å². The second kappa shape index (κ2) is 10.0. The molecule has 0 bridgehead atoms. The lowest BCUT2D eigenvalue weighted by Gasteiger charge is -2.63. The molecule has 3 heteroatoms. The van der Waals surface area contributed by atoms with E-state index < -0.39 is 5.60 Å². The van der Waals surface area contributed by atoms with E-state index in [9.17, 15) is 5.11 Å². The van der Waals surface area contributed by atoms with Crippen molar-refractivity contribution in [2.45, 2.75) is 62.7 Å². The van der Waals surface area contributed by atoms with Gasteiger partial charge in [-0.15, -0.1) is 0 Å². The lowest BCUT2D eigenvalue weighted by molar-refractivity contribution is -0.155. The number of hydrogen-bond acceptors (Lipinski definition) is 3. The molecule has 1 aliphatic heterocycles. The van der Waals surface area contributed by atoms with E-state index in [1.54, 1.807) is 0 Å². The Morgan fingerprint density at radius 3 is 1.94 bits per heavy atom. The highest BCUT2D eigenvalue weighted by Gasteiger charge is 2.70. The van der Waals surface area contributed by atoms with Gasteiger partial charge in [-0.3, -0.25) is 0 Å². The van der Waals surface area contributed by atoms with Crippen molar-refractivity contribution in [1.82, 2.24) is 5.32 Å². The number of rotatable bonds is 11. The van der Waals surface area contributed by atoms with Gasteiger partial charge in [0.15, 0.2) is 0 Å². The third-order valence-electron chi connectivity index (χ3n) is 8.49. The van der Waals surface area contributed by atoms with Gasteiger partial charge >= 0.3 is 0 Å². The largest absolute Gasteiger partial charge is 0.380 e. The van der Waals surface area contributed by atoms with Crippen molar-refractivity contribution >= 4 is 0 Å². The summed E-state index contributed by atoms with van der Waals surface area (Å²) >= 11 is 0. The first kappa shape index (κ1) is 23.3. The van der Waals surface area contributed by atoms with Gasteiger partial charge < -0.3 is 15.2 Å². The third-order valence-corrected chi connectivity index (χ3v) is 8.49. The first-order chi connectivity index (χ1) is 16.7. The summed E-state index contributed by atoms with van der Waals surface area (Å²) in [5.41, 5.74) is 2.10. The van der Waals surface area contributed by atoms with E-state index >= 15 is 0 Å². The van der Waals surface area contributed by atoms with Crippen LogP contribution in [0.2, 0.25) is 0 Å². The summed E-state index contributed by atoms with van der Waals surface area (Å²) in [7, 11) is 0. The molecule has 2 N–H and O–H groups in total. The van der Waals surface area contributed by atoms with E-state index in [0.29, 0.717) is 6.61 Å². The quantitative estimate of drug-likeness (QED) is 0.338. The van der Waals surface area contributed by atoms with Gasteiger partial charge in [0.05, 0.1) is 6.61 Å². The third kappa shape index (κ3) is 4.00. The minimum atomic E-state index is -0.990. The fourth-order valence-electron chi connectivity index (χ4n) is 6.68. The van der Waals surface area contributed by atoms with Crippen LogP contribution in [-0.4, -0.2) is 23.8 Å². The highest BCUT2D eigenvalue weighted by molar-refractivity contribution is 5.43. The molecule has 178 valence electrons. The fourth-order valence-corrected chi connectivity index (χ4v) is 6.68. The highest BCUT2D eigenvalue weighted by Crippen LogP contribution is 2.67. The number of hydrogen-bond donors (Lipinski definition) is 2. The summed E-state index contributed by atoms with van der Waals surface area (Å²) in [5, 5.41) is 16.5. The van der Waals surface area contributed by atoms with Gasteiger partial charge in [-0.05, 0) is 55.3 Å². The lowest BCUT2D eigenvalue weighted by atomic mass is 9.44. The van der Waals surface area contributed by atoms with Crippen LogP contribution in [-0.2, 0) is 16.9 Å². The van der Waals surface area contributed by atoms with Crippen LogP contribution in [0.4, 0.5) is 0 Å². The van der Waals surface area contributed by atoms with Crippen molar-refractivity contribution < 1.29 is 9.84 Å². The molecule has 2 unspecified atom stereocenters. The number of ether oxygens (including phenoxy) is 1. The van der Waals surface area contributed by atoms with Crippen LogP contribution in [0, 0.1) is 5.41 Å². The molecule has 3 aromatic carbocycles. The molecule has 0 amide bonds. The summed E-state index contributed by atoms with van der Waals surface area (Å²) in [6.45, 7) is 2.47. The average molecular weight is 456 g/mol. The fraction of sp³-hybridized carbons (Fsp3) is 0.419. The molecule has 34 heavy (non-hydrogen) atoms. The van der Waals surface area contributed by atoms with Crippen LogP contribution >= 0.6 is 0 Å². The molecule has 1 saturated carbocycles. The smallest absolute Gasteiger partial charge is 0.122 e. The Morgan fingerprint density at radius 2 is 1.35 bits per heavy atom. The Balaban J connectivity index is 1.26. The van der Waals surface area contributed by atoms with Gasteiger partial charge in [0.1, 0.15) is 5.60 Å². The van der Waals surface area contributed by atoms with Crippen LogP contribution in [0.25, 0.3) is 0 Å². The minimum absolute atomic E-state index is 0.00166. The van der Waals surface area contributed by atoms with Crippen LogP contribution < -0.4 is 5.32 Å². The summed E-state index contributed by atoms with van der Waals surface area (Å²) in [6.07, 6.45) is 7.70. The number of aliphatic hydroxyl groups is 1. The maximum Gasteiger partial charge on any atom is 0.122 e. The van der Waals surface area contributed by atoms with Gasteiger partial charge in [-0.2, -0.15) is 0 Å². The SMILES string of the molecule is OC(c1ccccc1)(c1ccccc1)C12CCNC1(CCCCCOCc1ccccc1)CC2. The van der Waals surface area contributed by atoms with Gasteiger partial charge in [0, 0.05) is 17.6 Å². The molecule has 1 heterocycles. The second-order valence-electron chi connectivity index (χ2n) is 10.1. The van der Waals surface area contributed by atoms with Crippen molar-refractivity contribution in [2.24, 2.45) is 5.41 Å². The molecule has 1 saturated heterocycles. The zero-order valence-electron chi connectivity index (χ0n) is 20.1.